The number of para-hydroxylation sites is 1. The molecule has 1 fully saturated rings. The van der Waals surface area contributed by atoms with Gasteiger partial charge in [-0.3, -0.25) is 19.7 Å². The third-order valence-corrected chi connectivity index (χ3v) is 6.03. The monoisotopic (exact) mass is 384 g/mol. The Morgan fingerprint density at radius 2 is 2.22 bits per heavy atom. The van der Waals surface area contributed by atoms with Gasteiger partial charge in [-0.05, 0) is 45.4 Å². The van der Waals surface area contributed by atoms with Gasteiger partial charge in [0.2, 0.25) is 5.91 Å². The van der Waals surface area contributed by atoms with E-state index >= 15 is 0 Å². The molecule has 1 aromatic carbocycles. The van der Waals surface area contributed by atoms with Crippen LogP contribution in [-0.2, 0) is 4.79 Å². The van der Waals surface area contributed by atoms with Crippen molar-refractivity contribution in [1.82, 2.24) is 25.1 Å². The van der Waals surface area contributed by atoms with Gasteiger partial charge in [0, 0.05) is 19.0 Å². The van der Waals surface area contributed by atoms with Crippen LogP contribution in [0.1, 0.15) is 37.3 Å². The molecule has 27 heavy (non-hydrogen) atoms. The third kappa shape index (κ3) is 3.86. The number of aromatic nitrogens is 4. The van der Waals surface area contributed by atoms with Gasteiger partial charge >= 0.3 is 0 Å². The van der Waals surface area contributed by atoms with Gasteiger partial charge in [-0.25, -0.2) is 9.97 Å². The van der Waals surface area contributed by atoms with Crippen molar-refractivity contribution < 1.29 is 4.79 Å². The summed E-state index contributed by atoms with van der Waals surface area (Å²) in [6.45, 7) is 6.69. The Bertz CT molecular complexity index is 902. The first-order chi connectivity index (χ1) is 13.1. The van der Waals surface area contributed by atoms with E-state index in [-0.39, 0.29) is 11.8 Å². The summed E-state index contributed by atoms with van der Waals surface area (Å²) in [5.74, 6) is 2.09. The summed E-state index contributed by atoms with van der Waals surface area (Å²) in [5.41, 5.74) is 0.946. The zero-order valence-electron chi connectivity index (χ0n) is 15.7. The second-order valence-corrected chi connectivity index (χ2v) is 7.96. The van der Waals surface area contributed by atoms with Crippen molar-refractivity contribution in [2.75, 3.05) is 31.1 Å². The van der Waals surface area contributed by atoms with E-state index in [4.69, 9.17) is 0 Å². The highest BCUT2D eigenvalue weighted by Gasteiger charge is 2.27. The number of amides is 1. The molecule has 0 saturated carbocycles. The normalized spacial score (nSPS) is 18.1. The van der Waals surface area contributed by atoms with Crippen LogP contribution in [0.2, 0.25) is 0 Å². The van der Waals surface area contributed by atoms with E-state index in [2.05, 4.69) is 25.1 Å². The van der Waals surface area contributed by atoms with Crippen LogP contribution in [-0.4, -0.2) is 57.2 Å². The summed E-state index contributed by atoms with van der Waals surface area (Å²) in [4.78, 5) is 26.1. The van der Waals surface area contributed by atoms with Gasteiger partial charge < -0.3 is 0 Å². The predicted octanol–water partition coefficient (Wildman–Crippen LogP) is 2.96. The highest BCUT2D eigenvalue weighted by atomic mass is 32.1. The van der Waals surface area contributed by atoms with Crippen molar-refractivity contribution >= 4 is 32.6 Å². The highest BCUT2D eigenvalue weighted by molar-refractivity contribution is 7.22. The number of rotatable bonds is 5. The first-order valence-corrected chi connectivity index (χ1v) is 10.2. The molecule has 0 spiro atoms. The molecule has 3 heterocycles. The van der Waals surface area contributed by atoms with Crippen molar-refractivity contribution in [2.45, 2.75) is 32.6 Å². The van der Waals surface area contributed by atoms with Gasteiger partial charge in [-0.2, -0.15) is 5.10 Å². The standard InChI is InChI=1S/C19H24N6OS/c1-3-25(19-21-15-8-4-5-9-16(15)27-19)17(26)12-24-10-6-7-14(11-24)18-20-13(2)22-23-18/h4-5,8-9,14H,3,6-7,10-12H2,1-2H3,(H,20,22,23)/t14-/m1/s1. The maximum atomic E-state index is 13.0. The lowest BCUT2D eigenvalue weighted by molar-refractivity contribution is -0.120. The van der Waals surface area contributed by atoms with Crippen LogP contribution >= 0.6 is 11.3 Å². The highest BCUT2D eigenvalue weighted by Crippen LogP contribution is 2.29. The second kappa shape index (κ2) is 7.74. The van der Waals surface area contributed by atoms with Crippen LogP contribution in [0.4, 0.5) is 5.13 Å². The number of fused-ring (bicyclic) bond motifs is 1. The number of H-pyrrole nitrogens is 1. The summed E-state index contributed by atoms with van der Waals surface area (Å²) in [6.07, 6.45) is 2.12. The van der Waals surface area contributed by atoms with E-state index in [0.717, 1.165) is 52.9 Å². The zero-order chi connectivity index (χ0) is 18.8. The molecule has 2 aromatic heterocycles. The number of likely N-dealkylation sites (tertiary alicyclic amines) is 1. The molecular weight excluding hydrogens is 360 g/mol. The average Bonchev–Trinajstić information content (AvgIpc) is 3.28. The zero-order valence-corrected chi connectivity index (χ0v) is 16.5. The van der Waals surface area contributed by atoms with E-state index < -0.39 is 0 Å². The fraction of sp³-hybridized carbons (Fsp3) is 0.474. The Morgan fingerprint density at radius 3 is 2.96 bits per heavy atom. The van der Waals surface area contributed by atoms with Crippen LogP contribution in [0.3, 0.4) is 0 Å². The van der Waals surface area contributed by atoms with E-state index in [1.54, 1.807) is 16.2 Å². The molecule has 3 aromatic rings. The SMILES string of the molecule is CCN(C(=O)CN1CCC[C@@H](c2n[nH]c(C)n2)C1)c1nc2ccccc2s1. The number of likely N-dealkylation sites (N-methyl/N-ethyl adjacent to an activating group) is 1. The van der Waals surface area contributed by atoms with Gasteiger partial charge in [0.05, 0.1) is 16.8 Å². The molecule has 7 nitrogen and oxygen atoms in total. The lowest BCUT2D eigenvalue weighted by atomic mass is 9.97. The number of aryl methyl sites for hydroxylation is 1. The summed E-state index contributed by atoms with van der Waals surface area (Å²) < 4.78 is 1.11. The Labute approximate surface area is 162 Å². The van der Waals surface area contributed by atoms with Gasteiger partial charge in [0.25, 0.3) is 0 Å². The van der Waals surface area contributed by atoms with E-state index in [1.165, 1.54) is 0 Å². The molecule has 0 bridgehead atoms. The van der Waals surface area contributed by atoms with Crippen molar-refractivity contribution in [3.63, 3.8) is 0 Å². The molecule has 1 aliphatic rings. The van der Waals surface area contributed by atoms with Gasteiger partial charge in [0.15, 0.2) is 11.0 Å². The summed E-state index contributed by atoms with van der Waals surface area (Å²) >= 11 is 1.57. The number of benzene rings is 1. The number of hydrogen-bond donors (Lipinski definition) is 1. The van der Waals surface area contributed by atoms with Crippen molar-refractivity contribution in [1.29, 1.82) is 0 Å². The topological polar surface area (TPSA) is 78.0 Å². The van der Waals surface area contributed by atoms with E-state index in [9.17, 15) is 4.79 Å². The maximum Gasteiger partial charge on any atom is 0.242 e. The summed E-state index contributed by atoms with van der Waals surface area (Å²) in [7, 11) is 0. The summed E-state index contributed by atoms with van der Waals surface area (Å²) in [5, 5.41) is 8.01. The minimum Gasteiger partial charge on any atom is -0.294 e. The molecule has 4 rings (SSSR count). The van der Waals surface area contributed by atoms with Gasteiger partial charge in [-0.15, -0.1) is 0 Å². The maximum absolute atomic E-state index is 13.0. The van der Waals surface area contributed by atoms with Crippen molar-refractivity contribution in [2.24, 2.45) is 0 Å². The number of carbonyl (C=O) groups is 1. The fourth-order valence-electron chi connectivity index (χ4n) is 3.62. The molecule has 142 valence electrons. The van der Waals surface area contributed by atoms with Crippen LogP contribution in [0.5, 0.6) is 0 Å². The number of nitrogens with zero attached hydrogens (tertiary/aromatic N) is 5. The largest absolute Gasteiger partial charge is 0.294 e. The molecule has 1 amide bonds. The van der Waals surface area contributed by atoms with Gasteiger partial charge in [0.1, 0.15) is 5.82 Å². The number of hydrogen-bond acceptors (Lipinski definition) is 6. The second-order valence-electron chi connectivity index (χ2n) is 6.96. The lowest BCUT2D eigenvalue weighted by Gasteiger charge is -2.32. The van der Waals surface area contributed by atoms with Crippen molar-refractivity contribution in [3.8, 4) is 0 Å². The first kappa shape index (κ1) is 18.1. The lowest BCUT2D eigenvalue weighted by Crippen LogP contribution is -2.44. The first-order valence-electron chi connectivity index (χ1n) is 9.41. The van der Waals surface area contributed by atoms with Crippen LogP contribution in [0.25, 0.3) is 10.2 Å². The fourth-order valence-corrected chi connectivity index (χ4v) is 4.67. The molecular formula is C19H24N6OS. The quantitative estimate of drug-likeness (QED) is 0.732. The Kier molecular flexibility index (Phi) is 5.18. The predicted molar refractivity (Wildman–Crippen MR) is 107 cm³/mol. The Morgan fingerprint density at radius 1 is 1.37 bits per heavy atom. The number of anilines is 1. The van der Waals surface area contributed by atoms with Crippen LogP contribution < -0.4 is 4.90 Å². The Hall–Kier alpha value is -2.32. The van der Waals surface area contributed by atoms with Crippen LogP contribution in [0, 0.1) is 6.92 Å². The molecule has 8 heteroatoms. The van der Waals surface area contributed by atoms with E-state index in [0.29, 0.717) is 13.1 Å². The molecule has 1 N–H and O–H groups in total. The van der Waals surface area contributed by atoms with Gasteiger partial charge in [-0.1, -0.05) is 23.5 Å². The molecule has 0 aliphatic carbocycles. The Balaban J connectivity index is 1.45. The number of carbonyl (C=O) groups excluding carboxylic acids is 1. The molecule has 0 unspecified atom stereocenters. The van der Waals surface area contributed by atoms with Crippen molar-refractivity contribution in [3.05, 3.63) is 35.9 Å². The smallest absolute Gasteiger partial charge is 0.242 e. The average molecular weight is 385 g/mol. The number of aromatic amines is 1. The third-order valence-electron chi connectivity index (χ3n) is 4.97. The number of thiazole rings is 1. The molecule has 1 atom stereocenters. The molecule has 1 aliphatic heterocycles. The summed E-state index contributed by atoms with van der Waals surface area (Å²) in [6, 6.07) is 8.01. The minimum absolute atomic E-state index is 0.100. The van der Waals surface area contributed by atoms with Crippen LogP contribution in [0.15, 0.2) is 24.3 Å². The molecule has 0 radical (unpaired) electrons. The number of piperidine rings is 1. The minimum atomic E-state index is 0.100. The van der Waals surface area contributed by atoms with E-state index in [1.807, 2.05) is 38.1 Å². The molecule has 1 saturated heterocycles. The number of nitrogens with one attached hydrogen (secondary N) is 1.